The summed E-state index contributed by atoms with van der Waals surface area (Å²) in [4.78, 5) is 25.4. The molecule has 0 saturated carbocycles. The first kappa shape index (κ1) is 13.3. The number of fused-ring (bicyclic) bond motifs is 1. The average Bonchev–Trinajstić information content (AvgIpc) is 2.91. The van der Waals surface area contributed by atoms with Crippen LogP contribution in [0.1, 0.15) is 27.3 Å². The van der Waals surface area contributed by atoms with E-state index >= 15 is 0 Å². The number of nitrogens with one attached hydrogen (secondary N) is 1. The number of benzene rings is 1. The van der Waals surface area contributed by atoms with Crippen molar-refractivity contribution in [3.05, 3.63) is 46.8 Å². The lowest BCUT2D eigenvalue weighted by molar-refractivity contribution is -0.142. The zero-order valence-corrected chi connectivity index (χ0v) is 11.4. The molecule has 7 nitrogen and oxygen atoms in total. The Morgan fingerprint density at radius 2 is 2.00 bits per heavy atom. The first-order chi connectivity index (χ1) is 10.1. The summed E-state index contributed by atoms with van der Waals surface area (Å²) < 4.78 is 0. The number of carbonyl (C=O) groups is 2. The van der Waals surface area contributed by atoms with Crippen LogP contribution in [-0.2, 0) is 17.8 Å². The lowest BCUT2D eigenvalue weighted by Crippen LogP contribution is -2.48. The van der Waals surface area contributed by atoms with Crippen LogP contribution >= 0.6 is 0 Å². The molecule has 2 heterocycles. The maximum absolute atomic E-state index is 12.5. The van der Waals surface area contributed by atoms with Gasteiger partial charge in [-0.3, -0.25) is 4.79 Å². The van der Waals surface area contributed by atoms with Crippen molar-refractivity contribution in [1.82, 2.24) is 20.3 Å². The average molecular weight is 286 g/mol. The van der Waals surface area contributed by atoms with Crippen molar-refractivity contribution in [2.24, 2.45) is 0 Å². The highest BCUT2D eigenvalue weighted by molar-refractivity contribution is 5.96. The summed E-state index contributed by atoms with van der Waals surface area (Å²) in [5, 5.41) is 19.4. The first-order valence-electron chi connectivity index (χ1n) is 6.56. The lowest BCUT2D eigenvalue weighted by Gasteiger charge is -2.34. The zero-order valence-electron chi connectivity index (χ0n) is 11.4. The molecule has 21 heavy (non-hydrogen) atoms. The third kappa shape index (κ3) is 2.26. The number of carboxylic acids is 1. The molecule has 0 unspecified atom stereocenters. The number of aromatic nitrogens is 3. The second-order valence-electron chi connectivity index (χ2n) is 5.02. The molecular weight excluding hydrogens is 272 g/mol. The molecular formula is C14H14N4O3. The summed E-state index contributed by atoms with van der Waals surface area (Å²) in [5.74, 6) is -1.43. The second kappa shape index (κ2) is 5.01. The number of H-pyrrole nitrogens is 1. The molecule has 0 bridgehead atoms. The highest BCUT2D eigenvalue weighted by Gasteiger charge is 2.36. The number of aromatic amines is 1. The van der Waals surface area contributed by atoms with Gasteiger partial charge in [-0.2, -0.15) is 15.4 Å². The van der Waals surface area contributed by atoms with Gasteiger partial charge in [-0.25, -0.2) is 4.79 Å². The molecule has 1 atom stereocenters. The van der Waals surface area contributed by atoms with Crippen LogP contribution in [0.2, 0.25) is 0 Å². The summed E-state index contributed by atoms with van der Waals surface area (Å²) in [6.07, 6.45) is 0.300. The molecule has 1 amide bonds. The molecule has 1 aliphatic rings. The molecule has 1 aromatic carbocycles. The Labute approximate surface area is 120 Å². The molecule has 1 aromatic heterocycles. The van der Waals surface area contributed by atoms with Crippen molar-refractivity contribution in [3.63, 3.8) is 0 Å². The number of nitrogens with zero attached hydrogens (tertiary/aromatic N) is 3. The standard InChI is InChI=1S/C14H14N4O3/c1-8-12(16-17-15-8)13(19)18-7-10-5-3-2-4-9(10)6-11(18)14(20)21/h2-5,11H,6-7H2,1H3,(H,20,21)(H,15,16,17)/t11-/m0/s1. The van der Waals surface area contributed by atoms with Crippen LogP contribution in [0.4, 0.5) is 0 Å². The van der Waals surface area contributed by atoms with Crippen LogP contribution in [0.25, 0.3) is 0 Å². The van der Waals surface area contributed by atoms with Gasteiger partial charge in [-0.15, -0.1) is 0 Å². The minimum absolute atomic E-state index is 0.167. The van der Waals surface area contributed by atoms with Gasteiger partial charge in [0.05, 0.1) is 5.69 Å². The number of rotatable bonds is 2. The summed E-state index contributed by atoms with van der Waals surface area (Å²) in [7, 11) is 0. The summed E-state index contributed by atoms with van der Waals surface area (Å²) >= 11 is 0. The Bertz CT molecular complexity index is 710. The van der Waals surface area contributed by atoms with E-state index in [0.29, 0.717) is 12.1 Å². The summed E-state index contributed by atoms with van der Waals surface area (Å²) in [6, 6.07) is 6.67. The molecule has 108 valence electrons. The Balaban J connectivity index is 1.98. The predicted octanol–water partition coefficient (Wildman–Crippen LogP) is 0.765. The third-order valence-corrected chi connectivity index (χ3v) is 3.72. The number of carbonyl (C=O) groups excluding carboxylic acids is 1. The number of carboxylic acid groups (broad SMARTS) is 1. The monoisotopic (exact) mass is 286 g/mol. The fraction of sp³-hybridized carbons (Fsp3) is 0.286. The molecule has 0 saturated heterocycles. The van der Waals surface area contributed by atoms with Gasteiger partial charge >= 0.3 is 5.97 Å². The Kier molecular flexibility index (Phi) is 3.17. The normalized spacial score (nSPS) is 17.4. The Hall–Kier alpha value is -2.70. The van der Waals surface area contributed by atoms with Crippen LogP contribution in [0.15, 0.2) is 24.3 Å². The van der Waals surface area contributed by atoms with E-state index in [1.165, 1.54) is 4.90 Å². The lowest BCUT2D eigenvalue weighted by atomic mass is 9.93. The van der Waals surface area contributed by atoms with E-state index in [0.717, 1.165) is 11.1 Å². The number of hydrogen-bond donors (Lipinski definition) is 2. The van der Waals surface area contributed by atoms with Crippen molar-refractivity contribution >= 4 is 11.9 Å². The molecule has 2 aromatic rings. The van der Waals surface area contributed by atoms with Gasteiger partial charge in [0.1, 0.15) is 6.04 Å². The van der Waals surface area contributed by atoms with Crippen molar-refractivity contribution in [1.29, 1.82) is 0 Å². The third-order valence-electron chi connectivity index (χ3n) is 3.72. The summed E-state index contributed by atoms with van der Waals surface area (Å²) in [6.45, 7) is 1.92. The number of amides is 1. The molecule has 1 aliphatic heterocycles. The number of hydrogen-bond acceptors (Lipinski definition) is 4. The first-order valence-corrected chi connectivity index (χ1v) is 6.56. The van der Waals surface area contributed by atoms with Gasteiger partial charge in [0.15, 0.2) is 5.69 Å². The Morgan fingerprint density at radius 3 is 2.62 bits per heavy atom. The summed E-state index contributed by atoms with van der Waals surface area (Å²) in [5.41, 5.74) is 2.55. The van der Waals surface area contributed by atoms with E-state index < -0.39 is 17.9 Å². The van der Waals surface area contributed by atoms with Gasteiger partial charge in [0.25, 0.3) is 5.91 Å². The van der Waals surface area contributed by atoms with Crippen LogP contribution in [0.3, 0.4) is 0 Å². The van der Waals surface area contributed by atoms with E-state index in [1.807, 2.05) is 24.3 Å². The molecule has 0 radical (unpaired) electrons. The molecule has 2 N–H and O–H groups in total. The number of aryl methyl sites for hydroxylation is 1. The predicted molar refractivity (Wildman–Crippen MR) is 72.6 cm³/mol. The quantitative estimate of drug-likeness (QED) is 0.849. The van der Waals surface area contributed by atoms with Gasteiger partial charge in [-0.1, -0.05) is 24.3 Å². The van der Waals surface area contributed by atoms with E-state index in [9.17, 15) is 14.7 Å². The van der Waals surface area contributed by atoms with Crippen LogP contribution in [-0.4, -0.2) is 43.3 Å². The van der Waals surface area contributed by atoms with Gasteiger partial charge in [-0.05, 0) is 18.1 Å². The minimum atomic E-state index is -1.01. The number of aliphatic carboxylic acids is 1. The van der Waals surface area contributed by atoms with Gasteiger partial charge in [0.2, 0.25) is 0 Å². The van der Waals surface area contributed by atoms with Crippen molar-refractivity contribution in [3.8, 4) is 0 Å². The molecule has 3 rings (SSSR count). The Morgan fingerprint density at radius 1 is 1.29 bits per heavy atom. The largest absolute Gasteiger partial charge is 0.480 e. The molecule has 7 heteroatoms. The second-order valence-corrected chi connectivity index (χ2v) is 5.02. The van der Waals surface area contributed by atoms with Crippen molar-refractivity contribution < 1.29 is 14.7 Å². The van der Waals surface area contributed by atoms with Crippen LogP contribution < -0.4 is 0 Å². The topological polar surface area (TPSA) is 99.2 Å². The van der Waals surface area contributed by atoms with Gasteiger partial charge < -0.3 is 10.0 Å². The van der Waals surface area contributed by atoms with Crippen LogP contribution in [0, 0.1) is 6.92 Å². The fourth-order valence-electron chi connectivity index (χ4n) is 2.58. The van der Waals surface area contributed by atoms with Crippen molar-refractivity contribution in [2.75, 3.05) is 0 Å². The molecule has 0 fully saturated rings. The fourth-order valence-corrected chi connectivity index (χ4v) is 2.58. The van der Waals surface area contributed by atoms with Crippen molar-refractivity contribution in [2.45, 2.75) is 25.9 Å². The maximum atomic E-state index is 12.5. The van der Waals surface area contributed by atoms with Gasteiger partial charge in [0, 0.05) is 13.0 Å². The van der Waals surface area contributed by atoms with E-state index in [4.69, 9.17) is 0 Å². The zero-order chi connectivity index (χ0) is 15.0. The highest BCUT2D eigenvalue weighted by atomic mass is 16.4. The molecule has 0 aliphatic carbocycles. The van der Waals surface area contributed by atoms with E-state index in [-0.39, 0.29) is 12.2 Å². The minimum Gasteiger partial charge on any atom is -0.480 e. The highest BCUT2D eigenvalue weighted by Crippen LogP contribution is 2.25. The van der Waals surface area contributed by atoms with E-state index in [2.05, 4.69) is 15.4 Å². The maximum Gasteiger partial charge on any atom is 0.326 e. The molecule has 0 spiro atoms. The van der Waals surface area contributed by atoms with Crippen LogP contribution in [0.5, 0.6) is 0 Å². The van der Waals surface area contributed by atoms with E-state index in [1.54, 1.807) is 6.92 Å². The smallest absolute Gasteiger partial charge is 0.326 e. The SMILES string of the molecule is Cc1n[nH]nc1C(=O)N1Cc2ccccc2C[C@H]1C(=O)O.